The quantitative estimate of drug-likeness (QED) is 0.354. The summed E-state index contributed by atoms with van der Waals surface area (Å²) in [4.78, 5) is 55.2. The number of carbonyl (C=O) groups is 4. The summed E-state index contributed by atoms with van der Waals surface area (Å²) in [6.07, 6.45) is 0.355. The molecule has 4 rings (SSSR count). The molecule has 0 spiro atoms. The van der Waals surface area contributed by atoms with Crippen molar-refractivity contribution in [3.05, 3.63) is 53.6 Å². The van der Waals surface area contributed by atoms with Crippen LogP contribution in [-0.2, 0) is 25.5 Å². The van der Waals surface area contributed by atoms with Gasteiger partial charge in [-0.3, -0.25) is 14.4 Å². The smallest absolute Gasteiger partial charge is 0.337 e. The third kappa shape index (κ3) is 4.86. The lowest BCUT2D eigenvalue weighted by atomic mass is 10.0. The first-order valence-electron chi connectivity index (χ1n) is 13.0. The van der Waals surface area contributed by atoms with Crippen LogP contribution in [0.2, 0.25) is 0 Å². The normalized spacial score (nSPS) is 19.6. The Kier molecular flexibility index (Phi) is 7.47. The summed E-state index contributed by atoms with van der Waals surface area (Å²) in [5.74, 6) is -0.588. The van der Waals surface area contributed by atoms with E-state index in [1.807, 2.05) is 12.1 Å². The van der Waals surface area contributed by atoms with Crippen LogP contribution in [0.1, 0.15) is 50.0 Å². The summed E-state index contributed by atoms with van der Waals surface area (Å²) < 4.78 is 15.5. The van der Waals surface area contributed by atoms with Gasteiger partial charge in [-0.25, -0.2) is 9.69 Å². The van der Waals surface area contributed by atoms with Crippen molar-refractivity contribution in [2.24, 2.45) is 16.7 Å². The van der Waals surface area contributed by atoms with Gasteiger partial charge < -0.3 is 19.1 Å². The van der Waals surface area contributed by atoms with Gasteiger partial charge in [0.2, 0.25) is 11.8 Å². The Balaban J connectivity index is 1.61. The second-order valence-corrected chi connectivity index (χ2v) is 11.2. The lowest BCUT2D eigenvalue weighted by Crippen LogP contribution is -2.47. The number of ether oxygens (including phenoxy) is 3. The van der Waals surface area contributed by atoms with E-state index in [2.05, 4.69) is 27.7 Å². The van der Waals surface area contributed by atoms with Crippen LogP contribution in [0.15, 0.2) is 42.5 Å². The molecule has 1 heterocycles. The third-order valence-electron chi connectivity index (χ3n) is 8.69. The minimum absolute atomic E-state index is 0.108. The van der Waals surface area contributed by atoms with Crippen molar-refractivity contribution in [3.8, 4) is 11.5 Å². The lowest BCUT2D eigenvalue weighted by molar-refractivity contribution is -0.140. The van der Waals surface area contributed by atoms with Crippen molar-refractivity contribution >= 4 is 29.4 Å². The standard InChI is InChI=1S/C30H36N2O7/c1-29(2)25(30(29,3)4)27(35)31(15-14-18-8-13-22(37-5)23(16-18)38-6)21-17-24(33)32(26(21)34)20-11-9-19(10-12-20)28(36)39-7/h8-13,16,21,25H,14-15,17H2,1-7H3. The molecule has 1 atom stereocenters. The second-order valence-electron chi connectivity index (χ2n) is 11.2. The van der Waals surface area contributed by atoms with E-state index in [9.17, 15) is 19.2 Å². The fourth-order valence-electron chi connectivity index (χ4n) is 5.68. The van der Waals surface area contributed by atoms with E-state index < -0.39 is 23.8 Å². The zero-order valence-corrected chi connectivity index (χ0v) is 23.6. The second kappa shape index (κ2) is 10.4. The summed E-state index contributed by atoms with van der Waals surface area (Å²) in [6, 6.07) is 10.7. The zero-order chi connectivity index (χ0) is 28.7. The summed E-state index contributed by atoms with van der Waals surface area (Å²) in [5.41, 5.74) is 1.09. The number of rotatable bonds is 9. The van der Waals surface area contributed by atoms with Gasteiger partial charge in [-0.1, -0.05) is 33.8 Å². The van der Waals surface area contributed by atoms with Crippen LogP contribution in [0.3, 0.4) is 0 Å². The number of anilines is 1. The molecule has 0 aromatic heterocycles. The molecule has 2 aromatic carbocycles. The van der Waals surface area contributed by atoms with Gasteiger partial charge in [-0.05, 0) is 59.2 Å². The van der Waals surface area contributed by atoms with Crippen LogP contribution < -0.4 is 14.4 Å². The first-order chi connectivity index (χ1) is 18.4. The lowest BCUT2D eigenvalue weighted by Gasteiger charge is -2.29. The molecule has 3 amide bonds. The molecule has 39 heavy (non-hydrogen) atoms. The van der Waals surface area contributed by atoms with E-state index in [1.165, 1.54) is 31.4 Å². The average Bonchev–Trinajstić information content (AvgIpc) is 3.15. The summed E-state index contributed by atoms with van der Waals surface area (Å²) in [5, 5.41) is 0. The number of nitrogens with zero attached hydrogens (tertiary/aromatic N) is 2. The Morgan fingerprint density at radius 3 is 2.08 bits per heavy atom. The van der Waals surface area contributed by atoms with E-state index in [1.54, 1.807) is 25.2 Å². The van der Waals surface area contributed by atoms with Crippen molar-refractivity contribution in [2.45, 2.75) is 46.6 Å². The molecular formula is C30H36N2O7. The maximum absolute atomic E-state index is 14.0. The van der Waals surface area contributed by atoms with Gasteiger partial charge in [0, 0.05) is 12.5 Å². The van der Waals surface area contributed by atoms with Gasteiger partial charge in [0.15, 0.2) is 11.5 Å². The summed E-state index contributed by atoms with van der Waals surface area (Å²) in [7, 11) is 4.41. The predicted molar refractivity (Wildman–Crippen MR) is 145 cm³/mol. The summed E-state index contributed by atoms with van der Waals surface area (Å²) in [6.45, 7) is 8.48. The molecule has 0 radical (unpaired) electrons. The molecule has 9 nitrogen and oxygen atoms in total. The van der Waals surface area contributed by atoms with Crippen LogP contribution in [0.4, 0.5) is 5.69 Å². The van der Waals surface area contributed by atoms with Crippen molar-refractivity contribution in [3.63, 3.8) is 0 Å². The van der Waals surface area contributed by atoms with Crippen LogP contribution in [0, 0.1) is 16.7 Å². The molecule has 1 unspecified atom stereocenters. The fourth-order valence-corrected chi connectivity index (χ4v) is 5.68. The highest BCUT2D eigenvalue weighted by Crippen LogP contribution is 2.69. The molecule has 9 heteroatoms. The number of hydrogen-bond acceptors (Lipinski definition) is 7. The van der Waals surface area contributed by atoms with Gasteiger partial charge in [0.25, 0.3) is 5.91 Å². The number of imide groups is 1. The molecule has 208 valence electrons. The Morgan fingerprint density at radius 1 is 0.923 bits per heavy atom. The molecule has 1 aliphatic heterocycles. The Labute approximate surface area is 229 Å². The van der Waals surface area contributed by atoms with Gasteiger partial charge in [-0.2, -0.15) is 0 Å². The highest BCUT2D eigenvalue weighted by molar-refractivity contribution is 6.23. The highest BCUT2D eigenvalue weighted by atomic mass is 16.5. The third-order valence-corrected chi connectivity index (χ3v) is 8.69. The molecule has 2 aliphatic rings. The van der Waals surface area contributed by atoms with Crippen molar-refractivity contribution in [1.29, 1.82) is 0 Å². The monoisotopic (exact) mass is 536 g/mol. The van der Waals surface area contributed by atoms with Gasteiger partial charge in [-0.15, -0.1) is 0 Å². The van der Waals surface area contributed by atoms with Crippen molar-refractivity contribution in [2.75, 3.05) is 32.8 Å². The minimum Gasteiger partial charge on any atom is -0.493 e. The first-order valence-corrected chi connectivity index (χ1v) is 13.0. The van der Waals surface area contributed by atoms with Crippen molar-refractivity contribution in [1.82, 2.24) is 4.90 Å². The van der Waals surface area contributed by atoms with E-state index in [-0.39, 0.29) is 35.6 Å². The highest BCUT2D eigenvalue weighted by Gasteiger charge is 2.69. The van der Waals surface area contributed by atoms with Crippen LogP contribution in [0.25, 0.3) is 0 Å². The maximum Gasteiger partial charge on any atom is 0.337 e. The Bertz CT molecular complexity index is 1280. The van der Waals surface area contributed by atoms with Crippen LogP contribution >= 0.6 is 0 Å². The van der Waals surface area contributed by atoms with Gasteiger partial charge in [0.1, 0.15) is 6.04 Å². The first kappa shape index (κ1) is 28.1. The number of methoxy groups -OCH3 is 3. The van der Waals surface area contributed by atoms with E-state index >= 15 is 0 Å². The number of esters is 1. The van der Waals surface area contributed by atoms with Crippen LogP contribution in [-0.4, -0.2) is 62.5 Å². The van der Waals surface area contributed by atoms with Gasteiger partial charge in [0.05, 0.1) is 39.0 Å². The number of carbonyl (C=O) groups excluding carboxylic acids is 4. The Morgan fingerprint density at radius 2 is 1.54 bits per heavy atom. The molecule has 1 saturated carbocycles. The molecule has 2 fully saturated rings. The topological polar surface area (TPSA) is 102 Å². The summed E-state index contributed by atoms with van der Waals surface area (Å²) >= 11 is 0. The Hall–Kier alpha value is -3.88. The molecular weight excluding hydrogens is 500 g/mol. The molecule has 1 aliphatic carbocycles. The van der Waals surface area contributed by atoms with E-state index in [4.69, 9.17) is 14.2 Å². The molecule has 0 N–H and O–H groups in total. The van der Waals surface area contributed by atoms with E-state index in [0.29, 0.717) is 29.2 Å². The largest absolute Gasteiger partial charge is 0.493 e. The molecule has 0 bridgehead atoms. The zero-order valence-electron chi connectivity index (χ0n) is 23.6. The number of hydrogen-bond donors (Lipinski definition) is 0. The predicted octanol–water partition coefficient (Wildman–Crippen LogP) is 3.88. The minimum atomic E-state index is -0.919. The average molecular weight is 537 g/mol. The number of amides is 3. The van der Waals surface area contributed by atoms with E-state index in [0.717, 1.165) is 10.5 Å². The van der Waals surface area contributed by atoms with Crippen molar-refractivity contribution < 1.29 is 33.4 Å². The fraction of sp³-hybridized carbons (Fsp3) is 0.467. The molecule has 2 aromatic rings. The number of benzene rings is 2. The van der Waals surface area contributed by atoms with Gasteiger partial charge >= 0.3 is 5.97 Å². The molecule has 1 saturated heterocycles. The SMILES string of the molecule is COC(=O)c1ccc(N2C(=O)CC(N(CCc3ccc(OC)c(OC)c3)C(=O)C3C(C)(C)C3(C)C)C2=O)cc1. The van der Waals surface area contributed by atoms with Crippen LogP contribution in [0.5, 0.6) is 11.5 Å². The maximum atomic E-state index is 14.0.